The average Bonchev–Trinajstić information content (AvgIpc) is 2.97. The average molecular weight is 376 g/mol. The van der Waals surface area contributed by atoms with E-state index in [4.69, 9.17) is 0 Å². The summed E-state index contributed by atoms with van der Waals surface area (Å²) in [5, 5.41) is 4.88. The molecule has 8 heteroatoms. The van der Waals surface area contributed by atoms with Gasteiger partial charge in [0.1, 0.15) is 0 Å². The van der Waals surface area contributed by atoms with E-state index in [2.05, 4.69) is 26.2 Å². The molecule has 3 nitrogen and oxygen atoms in total. The number of hydrogen-bond acceptors (Lipinski definition) is 3. The van der Waals surface area contributed by atoms with E-state index in [1.54, 1.807) is 6.07 Å². The number of rotatable bonds is 3. The van der Waals surface area contributed by atoms with Gasteiger partial charge < -0.3 is 5.32 Å². The predicted molar refractivity (Wildman–Crippen MR) is 79.5 cm³/mol. The number of fused-ring (bicyclic) bond motifs is 1. The Hall–Kier alpha value is -1.54. The van der Waals surface area contributed by atoms with E-state index in [0.29, 0.717) is 12.2 Å². The standard InChI is InChI=1S/C13H9BrF3N3S/c14-11-2-1-8(5-10(11)13(15,16)17)18-6-9-7-20-3-4-21-12(20)19-9/h1-5,7,18H,6H2. The fourth-order valence-electron chi connectivity index (χ4n) is 1.91. The van der Waals surface area contributed by atoms with E-state index in [0.717, 1.165) is 16.7 Å². The number of nitrogens with zero attached hydrogens (tertiary/aromatic N) is 2. The number of halogens is 4. The van der Waals surface area contributed by atoms with Gasteiger partial charge in [-0.1, -0.05) is 15.9 Å². The highest BCUT2D eigenvalue weighted by molar-refractivity contribution is 9.10. The number of anilines is 1. The molecule has 0 saturated carbocycles. The van der Waals surface area contributed by atoms with Crippen LogP contribution in [0.15, 0.2) is 40.4 Å². The summed E-state index contributed by atoms with van der Waals surface area (Å²) in [6.45, 7) is 0.368. The molecule has 0 unspecified atom stereocenters. The van der Waals surface area contributed by atoms with Gasteiger partial charge in [-0.05, 0) is 18.2 Å². The van der Waals surface area contributed by atoms with Gasteiger partial charge in [-0.2, -0.15) is 13.2 Å². The Kier molecular flexibility index (Phi) is 3.66. The maximum atomic E-state index is 12.8. The van der Waals surface area contributed by atoms with Crippen molar-refractivity contribution < 1.29 is 13.2 Å². The molecule has 110 valence electrons. The highest BCUT2D eigenvalue weighted by Crippen LogP contribution is 2.36. The smallest absolute Gasteiger partial charge is 0.379 e. The first kappa shape index (κ1) is 14.4. The number of imidazole rings is 1. The fraction of sp³-hybridized carbons (Fsp3) is 0.154. The zero-order valence-electron chi connectivity index (χ0n) is 10.5. The van der Waals surface area contributed by atoms with Crippen molar-refractivity contribution >= 4 is 37.9 Å². The molecular weight excluding hydrogens is 367 g/mol. The molecule has 0 aliphatic carbocycles. The topological polar surface area (TPSA) is 29.3 Å². The van der Waals surface area contributed by atoms with Crippen molar-refractivity contribution in [2.75, 3.05) is 5.32 Å². The summed E-state index contributed by atoms with van der Waals surface area (Å²) in [5.41, 5.74) is 0.485. The molecule has 0 spiro atoms. The third kappa shape index (κ3) is 3.06. The van der Waals surface area contributed by atoms with Crippen LogP contribution in [0.5, 0.6) is 0 Å². The summed E-state index contributed by atoms with van der Waals surface area (Å²) in [6.07, 6.45) is -0.645. The van der Waals surface area contributed by atoms with Gasteiger partial charge in [-0.25, -0.2) is 4.98 Å². The first-order valence-corrected chi connectivity index (χ1v) is 7.62. The van der Waals surface area contributed by atoms with Crippen LogP contribution in [-0.4, -0.2) is 9.38 Å². The Balaban J connectivity index is 1.77. The Labute approximate surface area is 130 Å². The van der Waals surface area contributed by atoms with Crippen LogP contribution in [0, 0.1) is 0 Å². The van der Waals surface area contributed by atoms with Crippen LogP contribution < -0.4 is 5.32 Å². The van der Waals surface area contributed by atoms with E-state index in [1.165, 1.54) is 17.4 Å². The monoisotopic (exact) mass is 375 g/mol. The van der Waals surface area contributed by atoms with Crippen LogP contribution in [0.3, 0.4) is 0 Å². The molecular formula is C13H9BrF3N3S. The van der Waals surface area contributed by atoms with Crippen LogP contribution in [0.1, 0.15) is 11.3 Å². The number of alkyl halides is 3. The summed E-state index contributed by atoms with van der Waals surface area (Å²) in [6, 6.07) is 4.07. The molecule has 0 radical (unpaired) electrons. The van der Waals surface area contributed by atoms with E-state index in [-0.39, 0.29) is 4.47 Å². The van der Waals surface area contributed by atoms with Gasteiger partial charge in [0.05, 0.1) is 17.8 Å². The first-order valence-electron chi connectivity index (χ1n) is 5.95. The summed E-state index contributed by atoms with van der Waals surface area (Å²) < 4.78 is 40.4. The summed E-state index contributed by atoms with van der Waals surface area (Å²) in [4.78, 5) is 5.22. The predicted octanol–water partition coefficient (Wildman–Crippen LogP) is 4.79. The van der Waals surface area contributed by atoms with Gasteiger partial charge in [-0.3, -0.25) is 4.40 Å². The van der Waals surface area contributed by atoms with Crippen molar-refractivity contribution in [3.05, 3.63) is 51.7 Å². The molecule has 0 bridgehead atoms. The molecule has 0 aliphatic heterocycles. The van der Waals surface area contributed by atoms with E-state index < -0.39 is 11.7 Å². The first-order chi connectivity index (χ1) is 9.93. The van der Waals surface area contributed by atoms with Crippen LogP contribution in [0.4, 0.5) is 18.9 Å². The minimum Gasteiger partial charge on any atom is -0.379 e. The van der Waals surface area contributed by atoms with Crippen molar-refractivity contribution in [1.82, 2.24) is 9.38 Å². The highest BCUT2D eigenvalue weighted by Gasteiger charge is 2.33. The van der Waals surface area contributed by atoms with Gasteiger partial charge in [0.15, 0.2) is 4.96 Å². The second-order valence-electron chi connectivity index (χ2n) is 4.37. The van der Waals surface area contributed by atoms with Crippen LogP contribution in [-0.2, 0) is 12.7 Å². The molecule has 1 aromatic carbocycles. The number of hydrogen-bond donors (Lipinski definition) is 1. The fourth-order valence-corrected chi connectivity index (χ4v) is 3.10. The van der Waals surface area contributed by atoms with Crippen molar-refractivity contribution in [1.29, 1.82) is 0 Å². The van der Waals surface area contributed by atoms with Gasteiger partial charge in [0, 0.05) is 27.9 Å². The molecule has 0 atom stereocenters. The van der Waals surface area contributed by atoms with Gasteiger partial charge in [0.25, 0.3) is 0 Å². The normalized spacial score (nSPS) is 12.0. The molecule has 0 aliphatic rings. The van der Waals surface area contributed by atoms with Gasteiger partial charge >= 0.3 is 6.18 Å². The third-order valence-corrected chi connectivity index (χ3v) is 4.35. The molecule has 3 aromatic rings. The van der Waals surface area contributed by atoms with Crippen molar-refractivity contribution in [3.63, 3.8) is 0 Å². The Bertz CT molecular complexity index is 750. The molecule has 1 N–H and O–H groups in total. The van der Waals surface area contributed by atoms with Crippen molar-refractivity contribution in [2.45, 2.75) is 12.7 Å². The molecule has 0 saturated heterocycles. The summed E-state index contributed by atoms with van der Waals surface area (Å²) in [7, 11) is 0. The second-order valence-corrected chi connectivity index (χ2v) is 6.10. The molecule has 3 rings (SSSR count). The molecule has 21 heavy (non-hydrogen) atoms. The van der Waals surface area contributed by atoms with Crippen LogP contribution in [0.2, 0.25) is 0 Å². The Morgan fingerprint density at radius 1 is 1.33 bits per heavy atom. The lowest BCUT2D eigenvalue weighted by molar-refractivity contribution is -0.138. The third-order valence-electron chi connectivity index (χ3n) is 2.89. The van der Waals surface area contributed by atoms with Gasteiger partial charge in [-0.15, -0.1) is 11.3 Å². The number of thiazole rings is 1. The zero-order valence-corrected chi connectivity index (χ0v) is 12.9. The van der Waals surface area contributed by atoms with E-state index in [1.807, 2.05) is 22.2 Å². The Morgan fingerprint density at radius 2 is 2.14 bits per heavy atom. The number of aromatic nitrogens is 2. The van der Waals surface area contributed by atoms with Gasteiger partial charge in [0.2, 0.25) is 0 Å². The van der Waals surface area contributed by atoms with Crippen LogP contribution in [0.25, 0.3) is 4.96 Å². The minimum absolute atomic E-state index is 0.0306. The lowest BCUT2D eigenvalue weighted by Crippen LogP contribution is -2.07. The second kappa shape index (κ2) is 5.34. The number of benzene rings is 1. The van der Waals surface area contributed by atoms with E-state index >= 15 is 0 Å². The lowest BCUT2D eigenvalue weighted by atomic mass is 10.2. The molecule has 0 fully saturated rings. The largest absolute Gasteiger partial charge is 0.417 e. The quantitative estimate of drug-likeness (QED) is 0.712. The molecule has 2 heterocycles. The highest BCUT2D eigenvalue weighted by atomic mass is 79.9. The van der Waals surface area contributed by atoms with Crippen molar-refractivity contribution in [2.24, 2.45) is 0 Å². The summed E-state index contributed by atoms with van der Waals surface area (Å²) >= 11 is 4.42. The maximum Gasteiger partial charge on any atom is 0.417 e. The number of nitrogens with one attached hydrogen (secondary N) is 1. The minimum atomic E-state index is -4.38. The molecule has 2 aromatic heterocycles. The van der Waals surface area contributed by atoms with Crippen LogP contribution >= 0.6 is 27.3 Å². The summed E-state index contributed by atoms with van der Waals surface area (Å²) in [5.74, 6) is 0. The maximum absolute atomic E-state index is 12.8. The Morgan fingerprint density at radius 3 is 2.86 bits per heavy atom. The molecule has 0 amide bonds. The zero-order chi connectivity index (χ0) is 15.0. The SMILES string of the molecule is FC(F)(F)c1cc(NCc2cn3ccsc3n2)ccc1Br. The lowest BCUT2D eigenvalue weighted by Gasteiger charge is -2.12. The van der Waals surface area contributed by atoms with E-state index in [9.17, 15) is 13.2 Å². The van der Waals surface area contributed by atoms with Crippen molar-refractivity contribution in [3.8, 4) is 0 Å².